The lowest BCUT2D eigenvalue weighted by Crippen LogP contribution is -2.23. The molecule has 0 aliphatic heterocycles. The van der Waals surface area contributed by atoms with Gasteiger partial charge >= 0.3 is 0 Å². The van der Waals surface area contributed by atoms with Gasteiger partial charge in [0.2, 0.25) is 5.91 Å². The van der Waals surface area contributed by atoms with Crippen molar-refractivity contribution in [2.45, 2.75) is 39.3 Å². The van der Waals surface area contributed by atoms with E-state index in [1.165, 1.54) is 0 Å². The fourth-order valence-corrected chi connectivity index (χ4v) is 2.43. The lowest BCUT2D eigenvalue weighted by atomic mass is 10.1. The maximum atomic E-state index is 11.9. The maximum Gasteiger partial charge on any atom is 0.220 e. The third-order valence-corrected chi connectivity index (χ3v) is 3.73. The van der Waals surface area contributed by atoms with Gasteiger partial charge in [-0.1, -0.05) is 41.9 Å². The van der Waals surface area contributed by atoms with Crippen LogP contribution in [0.4, 0.5) is 0 Å². The molecule has 0 saturated heterocycles. The predicted octanol–water partition coefficient (Wildman–Crippen LogP) is 4.38. The van der Waals surface area contributed by atoms with Crippen molar-refractivity contribution in [3.05, 3.63) is 64.7 Å². The molecule has 0 unspecified atom stereocenters. The summed E-state index contributed by atoms with van der Waals surface area (Å²) in [6.45, 7) is 4.50. The maximum absolute atomic E-state index is 11.9. The van der Waals surface area contributed by atoms with Gasteiger partial charge in [-0.3, -0.25) is 4.79 Å². The van der Waals surface area contributed by atoms with Crippen LogP contribution in [-0.4, -0.2) is 12.0 Å². The summed E-state index contributed by atoms with van der Waals surface area (Å²) < 4.78 is 5.59. The topological polar surface area (TPSA) is 38.3 Å². The number of nitrogens with one attached hydrogen (secondary N) is 1. The van der Waals surface area contributed by atoms with Gasteiger partial charge in [0, 0.05) is 18.0 Å². The zero-order valence-electron chi connectivity index (χ0n) is 13.5. The average molecular weight is 332 g/mol. The third-order valence-electron chi connectivity index (χ3n) is 3.36. The van der Waals surface area contributed by atoms with Crippen LogP contribution in [0.5, 0.6) is 5.75 Å². The van der Waals surface area contributed by atoms with Crippen molar-refractivity contribution in [3.63, 3.8) is 0 Å². The molecule has 0 atom stereocenters. The van der Waals surface area contributed by atoms with E-state index < -0.39 is 0 Å². The molecule has 122 valence electrons. The van der Waals surface area contributed by atoms with Crippen molar-refractivity contribution in [2.75, 3.05) is 0 Å². The summed E-state index contributed by atoms with van der Waals surface area (Å²) in [5, 5.41) is 3.64. The summed E-state index contributed by atoms with van der Waals surface area (Å²) in [6, 6.07) is 15.4. The van der Waals surface area contributed by atoms with Crippen molar-refractivity contribution in [1.29, 1.82) is 0 Å². The van der Waals surface area contributed by atoms with Crippen molar-refractivity contribution < 1.29 is 9.53 Å². The zero-order valence-corrected chi connectivity index (χ0v) is 14.3. The Labute approximate surface area is 142 Å². The van der Waals surface area contributed by atoms with Crippen LogP contribution < -0.4 is 10.1 Å². The molecule has 2 rings (SSSR count). The minimum atomic E-state index is 0.0208. The second-order valence-electron chi connectivity index (χ2n) is 5.68. The van der Waals surface area contributed by atoms with Crippen LogP contribution in [0.2, 0.25) is 5.02 Å². The monoisotopic (exact) mass is 331 g/mol. The van der Waals surface area contributed by atoms with Crippen LogP contribution in [0.3, 0.4) is 0 Å². The van der Waals surface area contributed by atoms with Crippen molar-refractivity contribution in [3.8, 4) is 5.75 Å². The van der Waals surface area contributed by atoms with Gasteiger partial charge in [-0.15, -0.1) is 0 Å². The lowest BCUT2D eigenvalue weighted by Gasteiger charge is -2.10. The standard InChI is InChI=1S/C19H22ClNO2/c1-14(2)23-17-10-7-15(8-11-17)13-21-19(22)12-9-16-5-3-4-6-18(16)20/h3-8,10-11,14H,9,12-13H2,1-2H3,(H,21,22). The first-order valence-electron chi connectivity index (χ1n) is 7.80. The Morgan fingerprint density at radius 1 is 1.13 bits per heavy atom. The number of benzene rings is 2. The highest BCUT2D eigenvalue weighted by Gasteiger charge is 2.05. The van der Waals surface area contributed by atoms with Gasteiger partial charge in [0.25, 0.3) is 0 Å². The number of amides is 1. The van der Waals surface area contributed by atoms with Crippen LogP contribution in [0.25, 0.3) is 0 Å². The summed E-state index contributed by atoms with van der Waals surface area (Å²) in [7, 11) is 0. The summed E-state index contributed by atoms with van der Waals surface area (Å²) in [5.41, 5.74) is 2.05. The molecule has 0 saturated carbocycles. The number of aryl methyl sites for hydroxylation is 1. The first-order valence-corrected chi connectivity index (χ1v) is 8.18. The van der Waals surface area contributed by atoms with Gasteiger partial charge in [0.05, 0.1) is 6.10 Å². The normalized spacial score (nSPS) is 10.6. The highest BCUT2D eigenvalue weighted by molar-refractivity contribution is 6.31. The van der Waals surface area contributed by atoms with Crippen molar-refractivity contribution >= 4 is 17.5 Å². The van der Waals surface area contributed by atoms with E-state index in [2.05, 4.69) is 5.32 Å². The van der Waals surface area contributed by atoms with E-state index in [1.54, 1.807) is 0 Å². The minimum Gasteiger partial charge on any atom is -0.491 e. The zero-order chi connectivity index (χ0) is 16.7. The number of halogens is 1. The number of ether oxygens (including phenoxy) is 1. The number of hydrogen-bond donors (Lipinski definition) is 1. The molecular weight excluding hydrogens is 310 g/mol. The van der Waals surface area contributed by atoms with Crippen LogP contribution in [0.15, 0.2) is 48.5 Å². The van der Waals surface area contributed by atoms with E-state index in [9.17, 15) is 4.79 Å². The van der Waals surface area contributed by atoms with Crippen molar-refractivity contribution in [1.82, 2.24) is 5.32 Å². The highest BCUT2D eigenvalue weighted by atomic mass is 35.5. The van der Waals surface area contributed by atoms with Gasteiger partial charge < -0.3 is 10.1 Å². The van der Waals surface area contributed by atoms with Crippen LogP contribution in [-0.2, 0) is 17.8 Å². The SMILES string of the molecule is CC(C)Oc1ccc(CNC(=O)CCc2ccccc2Cl)cc1. The van der Waals surface area contributed by atoms with Crippen molar-refractivity contribution in [2.24, 2.45) is 0 Å². The van der Waals surface area contributed by atoms with E-state index in [4.69, 9.17) is 16.3 Å². The Kier molecular flexibility index (Phi) is 6.48. The molecule has 2 aromatic carbocycles. The quantitative estimate of drug-likeness (QED) is 0.817. The fourth-order valence-electron chi connectivity index (χ4n) is 2.20. The first kappa shape index (κ1) is 17.4. The van der Waals surface area contributed by atoms with E-state index in [1.807, 2.05) is 62.4 Å². The molecule has 4 heteroatoms. The lowest BCUT2D eigenvalue weighted by molar-refractivity contribution is -0.121. The van der Waals surface area contributed by atoms with Crippen LogP contribution >= 0.6 is 11.6 Å². The van der Waals surface area contributed by atoms with Gasteiger partial charge in [0.15, 0.2) is 0 Å². The van der Waals surface area contributed by atoms with Gasteiger partial charge in [-0.25, -0.2) is 0 Å². The molecule has 0 heterocycles. The number of carbonyl (C=O) groups is 1. The summed E-state index contributed by atoms with van der Waals surface area (Å²) in [6.07, 6.45) is 1.23. The first-order chi connectivity index (χ1) is 11.0. The second kappa shape index (κ2) is 8.59. The molecule has 2 aromatic rings. The molecule has 0 spiro atoms. The Morgan fingerprint density at radius 2 is 1.83 bits per heavy atom. The molecule has 0 fully saturated rings. The Bertz CT molecular complexity index is 638. The summed E-state index contributed by atoms with van der Waals surface area (Å²) >= 11 is 6.09. The number of rotatable bonds is 7. The molecule has 0 bridgehead atoms. The third kappa shape index (κ3) is 5.95. The fraction of sp³-hybridized carbons (Fsp3) is 0.316. The number of hydrogen-bond acceptors (Lipinski definition) is 2. The van der Waals surface area contributed by atoms with E-state index in [-0.39, 0.29) is 12.0 Å². The van der Waals surface area contributed by atoms with Crippen LogP contribution in [0.1, 0.15) is 31.4 Å². The van der Waals surface area contributed by atoms with Gasteiger partial charge in [-0.2, -0.15) is 0 Å². The highest BCUT2D eigenvalue weighted by Crippen LogP contribution is 2.16. The second-order valence-corrected chi connectivity index (χ2v) is 6.09. The van der Waals surface area contributed by atoms with Gasteiger partial charge in [-0.05, 0) is 49.6 Å². The molecule has 0 aliphatic rings. The van der Waals surface area contributed by atoms with Crippen LogP contribution in [0, 0.1) is 0 Å². The molecule has 0 aliphatic carbocycles. The van der Waals surface area contributed by atoms with Gasteiger partial charge in [0.1, 0.15) is 5.75 Å². The molecule has 0 aromatic heterocycles. The Balaban J connectivity index is 1.77. The summed E-state index contributed by atoms with van der Waals surface area (Å²) in [5.74, 6) is 0.862. The molecule has 1 amide bonds. The molecule has 0 radical (unpaired) electrons. The Morgan fingerprint density at radius 3 is 2.48 bits per heavy atom. The summed E-state index contributed by atoms with van der Waals surface area (Å²) in [4.78, 5) is 11.9. The smallest absolute Gasteiger partial charge is 0.220 e. The largest absolute Gasteiger partial charge is 0.491 e. The Hall–Kier alpha value is -2.00. The molecular formula is C19H22ClNO2. The van der Waals surface area contributed by atoms with E-state index in [0.717, 1.165) is 16.9 Å². The molecule has 3 nitrogen and oxygen atoms in total. The molecule has 1 N–H and O–H groups in total. The van der Waals surface area contributed by atoms with E-state index in [0.29, 0.717) is 24.4 Å². The average Bonchev–Trinajstić information content (AvgIpc) is 2.53. The van der Waals surface area contributed by atoms with E-state index >= 15 is 0 Å². The minimum absolute atomic E-state index is 0.0208. The number of carbonyl (C=O) groups excluding carboxylic acids is 1. The predicted molar refractivity (Wildman–Crippen MR) is 93.8 cm³/mol. The molecule has 23 heavy (non-hydrogen) atoms.